The molecule has 0 amide bonds. The van der Waals surface area contributed by atoms with Crippen LogP contribution in [0.5, 0.6) is 0 Å². The van der Waals surface area contributed by atoms with Gasteiger partial charge in [-0.3, -0.25) is 5.41 Å². The fraction of sp³-hybridized carbons (Fsp3) is 0.500. The number of nitrogens with one attached hydrogen (secondary N) is 1. The van der Waals surface area contributed by atoms with Crippen LogP contribution in [0, 0.1) is 5.41 Å². The maximum atomic E-state index is 6.28. The van der Waals surface area contributed by atoms with Gasteiger partial charge in [0, 0.05) is 0 Å². The molecule has 0 rings (SSSR count). The van der Waals surface area contributed by atoms with E-state index in [1.807, 2.05) is 0 Å². The van der Waals surface area contributed by atoms with Crippen molar-refractivity contribution in [1.82, 2.24) is 0 Å². The van der Waals surface area contributed by atoms with E-state index in [0.717, 1.165) is 0 Å². The van der Waals surface area contributed by atoms with Crippen LogP contribution in [-0.4, -0.2) is 33.1 Å². The Bertz CT molecular complexity index is 30.6. The van der Waals surface area contributed by atoms with Crippen LogP contribution < -0.4 is 5.73 Å². The van der Waals surface area contributed by atoms with E-state index in [9.17, 15) is 0 Å². The molecule has 0 fully saturated rings. The van der Waals surface area contributed by atoms with E-state index >= 15 is 0 Å². The Morgan fingerprint density at radius 2 is 1.80 bits per heavy atom. The minimum absolute atomic E-state index is 0. The molecule has 0 aromatic rings. The first kappa shape index (κ1) is 9.04. The van der Waals surface area contributed by atoms with Crippen molar-refractivity contribution in [2.24, 2.45) is 5.73 Å². The zero-order valence-electron chi connectivity index (χ0n) is 3.28. The topological polar surface area (TPSA) is 49.9 Å². The third kappa shape index (κ3) is 163. The Morgan fingerprint density at radius 1 is 1.80 bits per heavy atom. The van der Waals surface area contributed by atoms with Crippen LogP contribution in [0.25, 0.3) is 0 Å². The third-order valence-electron chi connectivity index (χ3n) is 0. The normalized spacial score (nSPS) is 5.00. The van der Waals surface area contributed by atoms with Gasteiger partial charge in [0.05, 0.1) is 5.84 Å². The fourth-order valence-corrected chi connectivity index (χ4v) is 0. The molecule has 2 radical (unpaired) electrons. The van der Waals surface area contributed by atoms with Crippen LogP contribution in [-0.2, 0) is 0 Å². The van der Waals surface area contributed by atoms with Gasteiger partial charge >= 0.3 is 27.3 Å². The van der Waals surface area contributed by atoms with Gasteiger partial charge in [-0.1, -0.05) is 0 Å². The molecule has 0 saturated carbocycles. The third-order valence-corrected chi connectivity index (χ3v) is 0. The summed E-state index contributed by atoms with van der Waals surface area (Å²) in [7, 11) is 0. The summed E-state index contributed by atoms with van der Waals surface area (Å²) in [5.74, 6) is 0.167. The summed E-state index contributed by atoms with van der Waals surface area (Å²) >= 11 is 0. The van der Waals surface area contributed by atoms with Crippen LogP contribution in [0.3, 0.4) is 0 Å². The summed E-state index contributed by atoms with van der Waals surface area (Å²) in [5, 5.41) is 6.28. The fourth-order valence-electron chi connectivity index (χ4n) is 0. The van der Waals surface area contributed by atoms with Crippen LogP contribution >= 0.6 is 0 Å². The monoisotopic (exact) mass is 268 g/mol. The number of hydrogen-bond acceptors (Lipinski definition) is 1. The molecular weight excluding hydrogens is 259 g/mol. The Kier molecular flexibility index (Phi) is 7.94. The summed E-state index contributed by atoms with van der Waals surface area (Å²) in [6.07, 6.45) is 0. The van der Waals surface area contributed by atoms with Crippen molar-refractivity contribution < 1.29 is 0 Å². The van der Waals surface area contributed by atoms with E-state index in [0.29, 0.717) is 0 Å². The van der Waals surface area contributed by atoms with Crippen molar-refractivity contribution in [3.8, 4) is 0 Å². The second-order valence-corrected chi connectivity index (χ2v) is 0.683. The van der Waals surface area contributed by atoms with E-state index in [1.165, 1.54) is 6.92 Å². The average Bonchev–Trinajstić information content (AvgIpc) is 0.811. The summed E-state index contributed by atoms with van der Waals surface area (Å²) < 4.78 is 0. The van der Waals surface area contributed by atoms with E-state index < -0.39 is 0 Å². The molecule has 2 nitrogen and oxygen atoms in total. The Morgan fingerprint density at radius 3 is 1.80 bits per heavy atom. The first-order chi connectivity index (χ1) is 1.73. The van der Waals surface area contributed by atoms with Crippen LogP contribution in [0.4, 0.5) is 0 Å². The van der Waals surface area contributed by atoms with Gasteiger partial charge in [-0.05, 0) is 6.92 Å². The molecule has 0 aromatic carbocycles. The van der Waals surface area contributed by atoms with Crippen LogP contribution in [0.2, 0.25) is 0 Å². The molecule has 0 saturated heterocycles. The molecule has 0 heterocycles. The molecule has 30 valence electrons. The van der Waals surface area contributed by atoms with E-state index in [-0.39, 0.29) is 33.1 Å². The minimum atomic E-state index is 0. The number of rotatable bonds is 0. The molecule has 5 heavy (non-hydrogen) atoms. The predicted molar refractivity (Wildman–Crippen MR) is 26.1 cm³/mol. The van der Waals surface area contributed by atoms with Gasteiger partial charge in [0.25, 0.3) is 0 Å². The van der Waals surface area contributed by atoms with E-state index in [2.05, 4.69) is 0 Å². The summed E-state index contributed by atoms with van der Waals surface area (Å²) in [5.41, 5.74) is 4.69. The van der Waals surface area contributed by atoms with Crippen molar-refractivity contribution in [2.75, 3.05) is 0 Å². The van der Waals surface area contributed by atoms with Gasteiger partial charge in [-0.25, -0.2) is 0 Å². The first-order valence-corrected chi connectivity index (χ1v) is 1.04. The quantitative estimate of drug-likeness (QED) is 0.331. The Hall–Kier alpha value is 0.392. The second-order valence-electron chi connectivity index (χ2n) is 0.683. The molecular formula is C2H8N2Pb. The Balaban J connectivity index is 0. The van der Waals surface area contributed by atoms with Crippen molar-refractivity contribution >= 4 is 33.1 Å². The van der Waals surface area contributed by atoms with Crippen LogP contribution in [0.1, 0.15) is 6.92 Å². The van der Waals surface area contributed by atoms with Crippen molar-refractivity contribution in [2.45, 2.75) is 6.92 Å². The SMILES string of the molecule is CC(=N)N.[PbH2]. The zero-order valence-corrected chi connectivity index (χ0v) is 8.78. The van der Waals surface area contributed by atoms with Gasteiger partial charge < -0.3 is 5.73 Å². The molecule has 0 aliphatic carbocycles. The summed E-state index contributed by atoms with van der Waals surface area (Å²) in [4.78, 5) is 0. The van der Waals surface area contributed by atoms with Gasteiger partial charge in [0.2, 0.25) is 0 Å². The van der Waals surface area contributed by atoms with Crippen molar-refractivity contribution in [1.29, 1.82) is 5.41 Å². The summed E-state index contributed by atoms with van der Waals surface area (Å²) in [6, 6.07) is 0. The van der Waals surface area contributed by atoms with Crippen LogP contribution in [0.15, 0.2) is 0 Å². The van der Waals surface area contributed by atoms with Crippen molar-refractivity contribution in [3.05, 3.63) is 0 Å². The predicted octanol–water partition coefficient (Wildman–Crippen LogP) is -0.974. The summed E-state index contributed by atoms with van der Waals surface area (Å²) in [6.45, 7) is 1.53. The zero-order chi connectivity index (χ0) is 3.58. The number of amidine groups is 1. The van der Waals surface area contributed by atoms with Crippen molar-refractivity contribution in [3.63, 3.8) is 0 Å². The molecule has 0 aliphatic heterocycles. The van der Waals surface area contributed by atoms with Gasteiger partial charge in [0.15, 0.2) is 0 Å². The van der Waals surface area contributed by atoms with Gasteiger partial charge in [-0.2, -0.15) is 0 Å². The first-order valence-electron chi connectivity index (χ1n) is 1.04. The molecule has 0 bridgehead atoms. The molecule has 0 unspecified atom stereocenters. The van der Waals surface area contributed by atoms with E-state index in [1.54, 1.807) is 0 Å². The van der Waals surface area contributed by atoms with Gasteiger partial charge in [-0.15, -0.1) is 0 Å². The van der Waals surface area contributed by atoms with E-state index in [4.69, 9.17) is 11.1 Å². The molecule has 3 heteroatoms. The number of hydrogen-bond donors (Lipinski definition) is 2. The molecule has 3 N–H and O–H groups in total. The molecule has 0 spiro atoms. The standard InChI is InChI=1S/C2H6N2.Pb.2H/c1-2(3)4;;;/h1H3,(H3,3,4);;;. The second kappa shape index (κ2) is 4.39. The molecule has 0 aliphatic rings. The van der Waals surface area contributed by atoms with Gasteiger partial charge in [0.1, 0.15) is 0 Å². The maximum absolute atomic E-state index is 6.28. The number of nitrogens with two attached hydrogens (primary N) is 1. The Labute approximate surface area is 51.4 Å². The molecule has 0 atom stereocenters. The average molecular weight is 267 g/mol. The molecule has 0 aromatic heterocycles.